The number of nitrogens with one attached hydrogen (secondary N) is 1. The van der Waals surface area contributed by atoms with Gasteiger partial charge in [0.15, 0.2) is 0 Å². The first-order chi connectivity index (χ1) is 12.9. The predicted molar refractivity (Wildman–Crippen MR) is 105 cm³/mol. The lowest BCUT2D eigenvalue weighted by Crippen LogP contribution is -2.54. The van der Waals surface area contributed by atoms with Crippen molar-refractivity contribution in [2.45, 2.75) is 71.0 Å². The molecule has 2 fully saturated rings. The number of fused-ring (bicyclic) bond motifs is 1. The van der Waals surface area contributed by atoms with Crippen molar-refractivity contribution in [3.63, 3.8) is 0 Å². The summed E-state index contributed by atoms with van der Waals surface area (Å²) in [4.78, 5) is 19.1. The van der Waals surface area contributed by atoms with Crippen molar-refractivity contribution in [2.75, 3.05) is 13.1 Å². The fourth-order valence-electron chi connectivity index (χ4n) is 3.97. The zero-order valence-electron chi connectivity index (χ0n) is 16.3. The van der Waals surface area contributed by atoms with Crippen molar-refractivity contribution in [2.24, 2.45) is 5.92 Å². The summed E-state index contributed by atoms with van der Waals surface area (Å²) >= 11 is 1.63. The minimum atomic E-state index is -0.714. The molecule has 7 nitrogen and oxygen atoms in total. The number of aromatic nitrogens is 3. The molecule has 2 N–H and O–H groups in total. The molecule has 0 atom stereocenters. The van der Waals surface area contributed by atoms with Crippen LogP contribution in [0, 0.1) is 12.8 Å². The molecule has 0 aromatic carbocycles. The van der Waals surface area contributed by atoms with E-state index >= 15 is 0 Å². The molecule has 0 unspecified atom stereocenters. The van der Waals surface area contributed by atoms with Gasteiger partial charge in [-0.25, -0.2) is 9.50 Å². The molecule has 0 bridgehead atoms. The number of aryl methyl sites for hydroxylation is 1. The van der Waals surface area contributed by atoms with Crippen LogP contribution in [0.2, 0.25) is 0 Å². The lowest BCUT2D eigenvalue weighted by Gasteiger charge is -2.43. The molecule has 4 rings (SSSR count). The van der Waals surface area contributed by atoms with E-state index < -0.39 is 5.97 Å². The van der Waals surface area contributed by atoms with Crippen molar-refractivity contribution in [3.8, 4) is 0 Å². The van der Waals surface area contributed by atoms with Crippen LogP contribution in [0.5, 0.6) is 0 Å². The van der Waals surface area contributed by atoms with Crippen LogP contribution in [0.1, 0.15) is 61.8 Å². The maximum atomic E-state index is 11.2. The van der Waals surface area contributed by atoms with Crippen LogP contribution in [-0.4, -0.2) is 55.7 Å². The highest BCUT2D eigenvalue weighted by atomic mass is 32.1. The number of carboxylic acids is 1. The molecule has 27 heavy (non-hydrogen) atoms. The summed E-state index contributed by atoms with van der Waals surface area (Å²) in [5.41, 5.74) is 2.28. The Morgan fingerprint density at radius 1 is 1.41 bits per heavy atom. The first kappa shape index (κ1) is 18.8. The van der Waals surface area contributed by atoms with Crippen LogP contribution in [0.3, 0.4) is 0 Å². The van der Waals surface area contributed by atoms with Gasteiger partial charge < -0.3 is 10.4 Å². The Kier molecular flexibility index (Phi) is 5.22. The second-order valence-electron chi connectivity index (χ2n) is 8.38. The first-order valence-corrected chi connectivity index (χ1v) is 10.8. The number of imidazole rings is 1. The first-order valence-electron chi connectivity index (χ1n) is 9.95. The van der Waals surface area contributed by atoms with E-state index in [0.717, 1.165) is 53.2 Å². The molecule has 2 aromatic rings. The lowest BCUT2D eigenvalue weighted by atomic mass is 9.85. The molecule has 148 valence electrons. The Bertz CT molecular complexity index is 820. The van der Waals surface area contributed by atoms with Gasteiger partial charge in [0.25, 0.3) is 0 Å². The zero-order chi connectivity index (χ0) is 19.1. The molecular weight excluding hydrogens is 362 g/mol. The maximum absolute atomic E-state index is 11.2. The monoisotopic (exact) mass is 391 g/mol. The predicted octanol–water partition coefficient (Wildman–Crippen LogP) is 2.64. The highest BCUT2D eigenvalue weighted by Gasteiger charge is 2.37. The molecule has 2 saturated carbocycles. The van der Waals surface area contributed by atoms with Crippen LogP contribution >= 0.6 is 11.3 Å². The topological polar surface area (TPSA) is 82.8 Å². The normalized spacial score (nSPS) is 22.7. The smallest absolute Gasteiger partial charge is 0.317 e. The summed E-state index contributed by atoms with van der Waals surface area (Å²) in [7, 11) is 0. The van der Waals surface area contributed by atoms with Gasteiger partial charge in [-0.3, -0.25) is 9.69 Å². The van der Waals surface area contributed by atoms with Crippen molar-refractivity contribution >= 4 is 22.3 Å². The summed E-state index contributed by atoms with van der Waals surface area (Å²) in [6, 6.07) is 0.839. The van der Waals surface area contributed by atoms with Gasteiger partial charge in [-0.1, -0.05) is 25.2 Å². The second kappa shape index (κ2) is 7.48. The van der Waals surface area contributed by atoms with E-state index in [1.54, 1.807) is 11.3 Å². The molecule has 0 saturated heterocycles. The fourth-order valence-corrected chi connectivity index (χ4v) is 4.74. The molecule has 2 aromatic heterocycles. The fraction of sp³-hybridized carbons (Fsp3) is 0.737. The van der Waals surface area contributed by atoms with Crippen molar-refractivity contribution < 1.29 is 9.90 Å². The number of aliphatic carboxylic acids is 1. The van der Waals surface area contributed by atoms with Crippen LogP contribution in [-0.2, 0) is 11.3 Å². The minimum Gasteiger partial charge on any atom is -0.480 e. The number of hydrogen-bond acceptors (Lipinski definition) is 6. The molecule has 2 aliphatic rings. The van der Waals surface area contributed by atoms with E-state index in [-0.39, 0.29) is 6.54 Å². The molecule has 2 heterocycles. The van der Waals surface area contributed by atoms with Gasteiger partial charge in [0, 0.05) is 25.2 Å². The van der Waals surface area contributed by atoms with Crippen LogP contribution in [0.15, 0.2) is 0 Å². The van der Waals surface area contributed by atoms with Gasteiger partial charge in [0.2, 0.25) is 4.96 Å². The van der Waals surface area contributed by atoms with E-state index in [1.165, 1.54) is 12.8 Å². The number of carboxylic acid groups (broad SMARTS) is 1. The number of hydrogen-bond donors (Lipinski definition) is 2. The Morgan fingerprint density at radius 2 is 2.15 bits per heavy atom. The summed E-state index contributed by atoms with van der Waals surface area (Å²) in [6.45, 7) is 8.23. The van der Waals surface area contributed by atoms with Gasteiger partial charge in [0.1, 0.15) is 5.01 Å². The third kappa shape index (κ3) is 4.17. The second-order valence-corrected chi connectivity index (χ2v) is 9.54. The Balaban J connectivity index is 1.35. The third-order valence-corrected chi connectivity index (χ3v) is 6.51. The zero-order valence-corrected chi connectivity index (χ0v) is 17.1. The quantitative estimate of drug-likeness (QED) is 0.684. The number of carbonyl (C=O) groups is 1. The van der Waals surface area contributed by atoms with Crippen molar-refractivity contribution in [1.82, 2.24) is 24.8 Å². The van der Waals surface area contributed by atoms with Crippen LogP contribution in [0.25, 0.3) is 4.96 Å². The van der Waals surface area contributed by atoms with Crippen LogP contribution in [0.4, 0.5) is 0 Å². The van der Waals surface area contributed by atoms with Gasteiger partial charge in [0.05, 0.1) is 17.9 Å². The summed E-state index contributed by atoms with van der Waals surface area (Å²) in [5, 5.41) is 18.5. The number of rotatable bonds is 9. The summed E-state index contributed by atoms with van der Waals surface area (Å²) in [6.07, 6.45) is 4.56. The van der Waals surface area contributed by atoms with E-state index in [1.807, 2.05) is 11.4 Å². The van der Waals surface area contributed by atoms with Gasteiger partial charge in [-0.2, -0.15) is 5.10 Å². The Labute approximate surface area is 163 Å². The average Bonchev–Trinajstić information content (AvgIpc) is 3.18. The van der Waals surface area contributed by atoms with Crippen molar-refractivity contribution in [3.05, 3.63) is 16.4 Å². The van der Waals surface area contributed by atoms with E-state index in [4.69, 9.17) is 4.98 Å². The lowest BCUT2D eigenvalue weighted by molar-refractivity contribution is -0.139. The van der Waals surface area contributed by atoms with Gasteiger partial charge in [-0.15, -0.1) is 0 Å². The molecule has 2 aliphatic carbocycles. The summed E-state index contributed by atoms with van der Waals surface area (Å²) in [5.74, 6) is 0.377. The minimum absolute atomic E-state index is 0.173. The van der Waals surface area contributed by atoms with E-state index in [9.17, 15) is 9.90 Å². The standard InChI is InChI=1S/C19H29N5O2S/c1-11(2)18-16(24-19(21-18)27-12(3)22-24)8-20-14-6-15(7-14)23(10-17(25)26)9-13-4-5-13/h11,13-15,20H,4-10H2,1-3H3,(H,25,26). The SMILES string of the molecule is Cc1nn2c(CNC3CC(N(CC(=O)O)CC4CC4)C3)c(C(C)C)nc2s1. The molecular formula is C19H29N5O2S. The molecule has 0 amide bonds. The molecule has 0 radical (unpaired) electrons. The van der Waals surface area contributed by atoms with E-state index in [0.29, 0.717) is 18.0 Å². The van der Waals surface area contributed by atoms with Crippen molar-refractivity contribution in [1.29, 1.82) is 0 Å². The highest BCUT2D eigenvalue weighted by molar-refractivity contribution is 7.16. The molecule has 0 aliphatic heterocycles. The highest BCUT2D eigenvalue weighted by Crippen LogP contribution is 2.34. The maximum Gasteiger partial charge on any atom is 0.317 e. The van der Waals surface area contributed by atoms with Gasteiger partial charge in [-0.05, 0) is 44.4 Å². The summed E-state index contributed by atoms with van der Waals surface area (Å²) < 4.78 is 1.99. The van der Waals surface area contributed by atoms with Crippen LogP contribution < -0.4 is 5.32 Å². The number of nitrogens with zero attached hydrogens (tertiary/aromatic N) is 4. The van der Waals surface area contributed by atoms with Gasteiger partial charge >= 0.3 is 5.97 Å². The van der Waals surface area contributed by atoms with E-state index in [2.05, 4.69) is 29.2 Å². The third-order valence-electron chi connectivity index (χ3n) is 5.69. The Morgan fingerprint density at radius 3 is 2.78 bits per heavy atom. The average molecular weight is 392 g/mol. The largest absolute Gasteiger partial charge is 0.480 e. The Hall–Kier alpha value is -1.51. The molecule has 0 spiro atoms. The molecule has 8 heteroatoms.